The van der Waals surface area contributed by atoms with Crippen LogP contribution in [0.15, 0.2) is 18.5 Å². The molecule has 0 saturated heterocycles. The Labute approximate surface area is 81.9 Å². The maximum Gasteiger partial charge on any atom is 0.312 e. The molecular weight excluding hydrogens is 180 g/mol. The van der Waals surface area contributed by atoms with Crippen molar-refractivity contribution in [3.05, 3.63) is 18.5 Å². The lowest BCUT2D eigenvalue weighted by molar-refractivity contribution is -0.219. The summed E-state index contributed by atoms with van der Waals surface area (Å²) in [6.07, 6.45) is 6.45. The van der Waals surface area contributed by atoms with E-state index in [0.29, 0.717) is 0 Å². The van der Waals surface area contributed by atoms with Crippen molar-refractivity contribution in [2.45, 2.75) is 24.8 Å². The fourth-order valence-corrected chi connectivity index (χ4v) is 2.96. The Morgan fingerprint density at radius 1 is 1.50 bits per heavy atom. The molecule has 0 radical (unpaired) electrons. The molecule has 0 N–H and O–H groups in total. The summed E-state index contributed by atoms with van der Waals surface area (Å²) in [6.45, 7) is 0. The third-order valence-electron chi connectivity index (χ3n) is 3.61. The van der Waals surface area contributed by atoms with E-state index >= 15 is 0 Å². The Hall–Kier alpha value is -1.32. The quantitative estimate of drug-likeness (QED) is 0.655. The Morgan fingerprint density at radius 2 is 2.21 bits per heavy atom. The van der Waals surface area contributed by atoms with Crippen LogP contribution >= 0.6 is 0 Å². The molecule has 1 heterocycles. The number of esters is 1. The summed E-state index contributed by atoms with van der Waals surface area (Å²) < 4.78 is 6.77. The number of ether oxygens (including phenoxy) is 1. The summed E-state index contributed by atoms with van der Waals surface area (Å²) in [5, 5.41) is 4.23. The van der Waals surface area contributed by atoms with Gasteiger partial charge in [0.25, 0.3) is 0 Å². The molecule has 74 valence electrons. The van der Waals surface area contributed by atoms with Crippen molar-refractivity contribution in [1.82, 2.24) is 9.78 Å². The average molecular weight is 192 g/mol. The molecule has 1 aromatic rings. The Kier molecular flexibility index (Phi) is 1.25. The van der Waals surface area contributed by atoms with Crippen molar-refractivity contribution in [2.24, 2.45) is 5.41 Å². The van der Waals surface area contributed by atoms with Crippen LogP contribution in [0.5, 0.6) is 0 Å². The Balaban J connectivity index is 1.78. The highest BCUT2D eigenvalue weighted by molar-refractivity contribution is 5.81. The highest BCUT2D eigenvalue weighted by Crippen LogP contribution is 2.71. The third kappa shape index (κ3) is 0.705. The summed E-state index contributed by atoms with van der Waals surface area (Å²) in [5.41, 5.74) is -0.0294. The molecule has 3 saturated carbocycles. The van der Waals surface area contributed by atoms with E-state index in [-0.39, 0.29) is 16.9 Å². The Morgan fingerprint density at radius 3 is 2.71 bits per heavy atom. The molecule has 4 heteroatoms. The average Bonchev–Trinajstić information content (AvgIpc) is 2.52. The van der Waals surface area contributed by atoms with Crippen LogP contribution in [0.3, 0.4) is 0 Å². The van der Waals surface area contributed by atoms with Gasteiger partial charge in [0.2, 0.25) is 0 Å². The van der Waals surface area contributed by atoms with E-state index < -0.39 is 0 Å². The topological polar surface area (TPSA) is 44.1 Å². The number of hydrogen-bond acceptors (Lipinski definition) is 3. The van der Waals surface area contributed by atoms with E-state index in [1.807, 2.05) is 16.9 Å². The zero-order valence-corrected chi connectivity index (χ0v) is 8.06. The van der Waals surface area contributed by atoms with Gasteiger partial charge in [-0.1, -0.05) is 0 Å². The lowest BCUT2D eigenvalue weighted by Crippen LogP contribution is -2.70. The van der Waals surface area contributed by atoms with E-state index in [2.05, 4.69) is 5.10 Å². The maximum absolute atomic E-state index is 11.4. The first-order chi connectivity index (χ1) is 6.71. The lowest BCUT2D eigenvalue weighted by atomic mass is 9.39. The molecule has 0 aromatic carbocycles. The van der Waals surface area contributed by atoms with Crippen LogP contribution in [-0.4, -0.2) is 22.9 Å². The van der Waals surface area contributed by atoms with E-state index in [0.717, 1.165) is 19.3 Å². The first-order valence-corrected chi connectivity index (χ1v) is 4.79. The van der Waals surface area contributed by atoms with E-state index in [1.165, 1.54) is 7.11 Å². The van der Waals surface area contributed by atoms with Crippen molar-refractivity contribution in [2.75, 3.05) is 7.11 Å². The molecule has 0 aliphatic heterocycles. The fraction of sp³-hybridized carbons (Fsp3) is 0.600. The molecule has 3 aliphatic carbocycles. The van der Waals surface area contributed by atoms with Gasteiger partial charge in [-0.2, -0.15) is 5.10 Å². The number of methoxy groups -OCH3 is 1. The van der Waals surface area contributed by atoms with E-state index in [4.69, 9.17) is 4.74 Å². The third-order valence-corrected chi connectivity index (χ3v) is 3.61. The number of carbonyl (C=O) groups excluding carboxylic acids is 1. The van der Waals surface area contributed by atoms with Crippen molar-refractivity contribution >= 4 is 5.97 Å². The van der Waals surface area contributed by atoms with Gasteiger partial charge in [-0.3, -0.25) is 9.48 Å². The minimum atomic E-state index is -0.166. The lowest BCUT2D eigenvalue weighted by Gasteiger charge is -2.67. The molecule has 0 unspecified atom stereocenters. The number of nitrogens with zero attached hydrogens (tertiary/aromatic N) is 2. The van der Waals surface area contributed by atoms with Crippen molar-refractivity contribution in [1.29, 1.82) is 0 Å². The number of carbonyl (C=O) groups is 1. The molecule has 2 bridgehead atoms. The minimum Gasteiger partial charge on any atom is -0.469 e. The Bertz CT molecular complexity index is 363. The fourth-order valence-electron chi connectivity index (χ4n) is 2.96. The molecule has 14 heavy (non-hydrogen) atoms. The highest BCUT2D eigenvalue weighted by atomic mass is 16.5. The van der Waals surface area contributed by atoms with Crippen LogP contribution in [0.1, 0.15) is 19.3 Å². The molecule has 3 fully saturated rings. The van der Waals surface area contributed by atoms with Gasteiger partial charge in [0, 0.05) is 12.4 Å². The first kappa shape index (κ1) is 8.03. The summed E-state index contributed by atoms with van der Waals surface area (Å²) >= 11 is 0. The molecule has 0 spiro atoms. The standard InChI is InChI=1S/C10H12N2O2/c1-14-8(13)9-5-10(6-9,7-9)12-4-2-3-11-12/h2-4H,5-7H2,1H3. The number of rotatable bonds is 2. The highest BCUT2D eigenvalue weighted by Gasteiger charge is 2.73. The van der Waals surface area contributed by atoms with Gasteiger partial charge in [0.1, 0.15) is 0 Å². The van der Waals surface area contributed by atoms with Gasteiger partial charge in [0.05, 0.1) is 18.1 Å². The molecule has 1 aromatic heterocycles. The SMILES string of the molecule is COC(=O)C12CC(n3cccn3)(C1)C2. The largest absolute Gasteiger partial charge is 0.469 e. The van der Waals surface area contributed by atoms with Gasteiger partial charge >= 0.3 is 5.97 Å². The zero-order chi connectivity index (χ0) is 9.81. The molecule has 4 nitrogen and oxygen atoms in total. The maximum atomic E-state index is 11.4. The predicted octanol–water partition coefficient (Wildman–Crippen LogP) is 0.935. The van der Waals surface area contributed by atoms with Gasteiger partial charge in [-0.15, -0.1) is 0 Å². The molecule has 4 rings (SSSR count). The van der Waals surface area contributed by atoms with Crippen molar-refractivity contribution in [3.8, 4) is 0 Å². The second-order valence-electron chi connectivity index (χ2n) is 4.48. The second kappa shape index (κ2) is 2.19. The van der Waals surface area contributed by atoms with Gasteiger partial charge in [-0.05, 0) is 25.3 Å². The van der Waals surface area contributed by atoms with E-state index in [9.17, 15) is 4.79 Å². The summed E-state index contributed by atoms with van der Waals surface area (Å²) in [4.78, 5) is 11.4. The van der Waals surface area contributed by atoms with Crippen molar-refractivity contribution in [3.63, 3.8) is 0 Å². The molecular formula is C10H12N2O2. The first-order valence-electron chi connectivity index (χ1n) is 4.79. The van der Waals surface area contributed by atoms with Crippen LogP contribution in [0.2, 0.25) is 0 Å². The van der Waals surface area contributed by atoms with Crippen molar-refractivity contribution < 1.29 is 9.53 Å². The van der Waals surface area contributed by atoms with Gasteiger partial charge < -0.3 is 4.74 Å². The summed E-state index contributed by atoms with van der Waals surface area (Å²) in [5.74, 6) is -0.0495. The predicted molar refractivity (Wildman–Crippen MR) is 48.5 cm³/mol. The summed E-state index contributed by atoms with van der Waals surface area (Å²) in [6, 6.07) is 1.92. The zero-order valence-electron chi connectivity index (χ0n) is 8.06. The second-order valence-corrected chi connectivity index (χ2v) is 4.48. The monoisotopic (exact) mass is 192 g/mol. The van der Waals surface area contributed by atoms with E-state index in [1.54, 1.807) is 6.20 Å². The van der Waals surface area contributed by atoms with Crippen LogP contribution in [-0.2, 0) is 15.1 Å². The molecule has 3 aliphatic rings. The number of aromatic nitrogens is 2. The normalized spacial score (nSPS) is 38.4. The van der Waals surface area contributed by atoms with Gasteiger partial charge in [0.15, 0.2) is 0 Å². The number of hydrogen-bond donors (Lipinski definition) is 0. The van der Waals surface area contributed by atoms with Crippen LogP contribution in [0.25, 0.3) is 0 Å². The van der Waals surface area contributed by atoms with Crippen LogP contribution in [0.4, 0.5) is 0 Å². The van der Waals surface area contributed by atoms with Gasteiger partial charge in [-0.25, -0.2) is 0 Å². The van der Waals surface area contributed by atoms with Crippen LogP contribution in [0, 0.1) is 5.41 Å². The van der Waals surface area contributed by atoms with Crippen LogP contribution < -0.4 is 0 Å². The minimum absolute atomic E-state index is 0.0495. The molecule has 0 amide bonds. The molecule has 0 atom stereocenters. The summed E-state index contributed by atoms with van der Waals surface area (Å²) in [7, 11) is 1.46. The smallest absolute Gasteiger partial charge is 0.312 e.